The molecule has 0 spiro atoms. The van der Waals surface area contributed by atoms with Crippen LogP contribution in [0.4, 0.5) is 22.0 Å². The molecule has 4 heterocycles. The summed E-state index contributed by atoms with van der Waals surface area (Å²) in [6.07, 6.45) is -3.32. The largest absolute Gasteiger partial charge is 0.416 e. The number of imidazole rings is 1. The lowest BCUT2D eigenvalue weighted by atomic mass is 10.0. The Hall–Kier alpha value is -3.15. The van der Waals surface area contributed by atoms with E-state index < -0.39 is 30.3 Å². The highest BCUT2D eigenvalue weighted by Crippen LogP contribution is 2.41. The first-order chi connectivity index (χ1) is 15.1. The van der Waals surface area contributed by atoms with Crippen LogP contribution in [0, 0.1) is 6.92 Å². The van der Waals surface area contributed by atoms with Gasteiger partial charge < -0.3 is 13.8 Å². The summed E-state index contributed by atoms with van der Waals surface area (Å²) >= 11 is 0. The van der Waals surface area contributed by atoms with Crippen molar-refractivity contribution < 1.29 is 31.2 Å². The third kappa shape index (κ3) is 3.48. The first-order valence-corrected chi connectivity index (χ1v) is 9.75. The summed E-state index contributed by atoms with van der Waals surface area (Å²) in [5.74, 6) is -2.56. The van der Waals surface area contributed by atoms with Crippen molar-refractivity contribution in [1.82, 2.24) is 24.7 Å². The molecule has 0 aliphatic carbocycles. The lowest BCUT2D eigenvalue weighted by Gasteiger charge is -2.33. The van der Waals surface area contributed by atoms with Gasteiger partial charge in [0.25, 0.3) is 5.92 Å². The Labute approximate surface area is 177 Å². The Morgan fingerprint density at radius 1 is 1.19 bits per heavy atom. The van der Waals surface area contributed by atoms with Gasteiger partial charge in [0.05, 0.1) is 29.2 Å². The van der Waals surface area contributed by atoms with Crippen molar-refractivity contribution in [3.05, 3.63) is 47.5 Å². The Morgan fingerprint density at radius 3 is 2.69 bits per heavy atom. The molecule has 0 saturated carbocycles. The number of pyridine rings is 1. The smallest absolute Gasteiger partial charge is 0.375 e. The van der Waals surface area contributed by atoms with Crippen LogP contribution in [0.3, 0.4) is 0 Å². The maximum Gasteiger partial charge on any atom is 0.416 e. The number of hydrogen-bond acceptors (Lipinski definition) is 6. The summed E-state index contributed by atoms with van der Waals surface area (Å²) in [4.78, 5) is 12.7. The van der Waals surface area contributed by atoms with Gasteiger partial charge in [0.15, 0.2) is 5.82 Å². The van der Waals surface area contributed by atoms with E-state index in [4.69, 9.17) is 9.26 Å². The summed E-state index contributed by atoms with van der Waals surface area (Å²) in [7, 11) is 0. The lowest BCUT2D eigenvalue weighted by molar-refractivity contribution is -0.147. The van der Waals surface area contributed by atoms with Crippen LogP contribution in [-0.4, -0.2) is 43.8 Å². The molecule has 7 nitrogen and oxygen atoms in total. The Balaban J connectivity index is 1.80. The molecular weight excluding hydrogens is 437 g/mol. The van der Waals surface area contributed by atoms with Gasteiger partial charge in [0, 0.05) is 18.9 Å². The number of halogens is 5. The molecule has 0 N–H and O–H groups in total. The van der Waals surface area contributed by atoms with E-state index in [2.05, 4.69) is 20.1 Å². The Morgan fingerprint density at radius 2 is 2.00 bits per heavy atom. The molecule has 0 amide bonds. The first kappa shape index (κ1) is 20.7. The molecule has 168 valence electrons. The van der Waals surface area contributed by atoms with Gasteiger partial charge in [-0.15, -0.1) is 0 Å². The molecule has 3 aromatic heterocycles. The number of nitrogens with zero attached hydrogens (tertiary/aromatic N) is 5. The van der Waals surface area contributed by atoms with Gasteiger partial charge in [-0.3, -0.25) is 4.98 Å². The third-order valence-electron chi connectivity index (χ3n) is 5.43. The Kier molecular flexibility index (Phi) is 4.66. The molecule has 32 heavy (non-hydrogen) atoms. The number of alkyl halides is 5. The predicted molar refractivity (Wildman–Crippen MR) is 101 cm³/mol. The summed E-state index contributed by atoms with van der Waals surface area (Å²) in [5, 5.41) is 3.88. The topological polar surface area (TPSA) is 78.9 Å². The molecule has 0 radical (unpaired) electrons. The van der Waals surface area contributed by atoms with Gasteiger partial charge in [-0.05, 0) is 24.6 Å². The van der Waals surface area contributed by atoms with Crippen molar-refractivity contribution in [2.45, 2.75) is 37.9 Å². The third-order valence-corrected chi connectivity index (χ3v) is 5.43. The van der Waals surface area contributed by atoms with Crippen LogP contribution in [0.1, 0.15) is 35.6 Å². The first-order valence-electron chi connectivity index (χ1n) is 9.75. The van der Waals surface area contributed by atoms with Crippen LogP contribution in [-0.2, 0) is 17.3 Å². The zero-order valence-electron chi connectivity index (χ0n) is 16.7. The van der Waals surface area contributed by atoms with Gasteiger partial charge in [-0.1, -0.05) is 5.16 Å². The minimum atomic E-state index is -4.60. The van der Waals surface area contributed by atoms with E-state index in [9.17, 15) is 22.0 Å². The van der Waals surface area contributed by atoms with Crippen molar-refractivity contribution in [1.29, 1.82) is 0 Å². The molecule has 1 aromatic carbocycles. The number of hydrogen-bond donors (Lipinski definition) is 0. The van der Waals surface area contributed by atoms with Crippen LogP contribution >= 0.6 is 0 Å². The molecule has 0 bridgehead atoms. The van der Waals surface area contributed by atoms with E-state index in [0.717, 1.165) is 12.1 Å². The van der Waals surface area contributed by atoms with Gasteiger partial charge in [0.2, 0.25) is 5.89 Å². The molecule has 1 atom stereocenters. The maximum atomic E-state index is 14.9. The molecule has 5 rings (SSSR count). The summed E-state index contributed by atoms with van der Waals surface area (Å²) < 4.78 is 81.2. The van der Waals surface area contributed by atoms with Crippen molar-refractivity contribution in [2.24, 2.45) is 0 Å². The molecule has 1 aliphatic heterocycles. The number of ether oxygens (including phenoxy) is 1. The van der Waals surface area contributed by atoms with Crippen LogP contribution in [0.25, 0.3) is 21.9 Å². The second kappa shape index (κ2) is 7.19. The fraction of sp³-hybridized carbons (Fsp3) is 0.400. The van der Waals surface area contributed by atoms with Crippen LogP contribution < -0.4 is 0 Å². The highest BCUT2D eigenvalue weighted by molar-refractivity contribution is 6.02. The van der Waals surface area contributed by atoms with Gasteiger partial charge >= 0.3 is 6.18 Å². The monoisotopic (exact) mass is 453 g/mol. The second-order valence-electron chi connectivity index (χ2n) is 7.64. The van der Waals surface area contributed by atoms with Gasteiger partial charge in [-0.25, -0.2) is 13.8 Å². The summed E-state index contributed by atoms with van der Waals surface area (Å²) in [6.45, 7) is 0.870. The van der Waals surface area contributed by atoms with Crippen LogP contribution in [0.15, 0.2) is 28.9 Å². The quantitative estimate of drug-likeness (QED) is 0.426. The fourth-order valence-electron chi connectivity index (χ4n) is 4.04. The predicted octanol–water partition coefficient (Wildman–Crippen LogP) is 4.48. The summed E-state index contributed by atoms with van der Waals surface area (Å²) in [6, 6.07) is 1.68. The van der Waals surface area contributed by atoms with E-state index in [0.29, 0.717) is 5.89 Å². The molecule has 1 aliphatic rings. The molecular formula is C20H16F5N5O2. The minimum absolute atomic E-state index is 0.0418. The number of rotatable bonds is 3. The van der Waals surface area contributed by atoms with E-state index in [1.54, 1.807) is 6.92 Å². The standard InChI is InChI=1S/C20H16F5N5O2/c1-10-27-16(29-32-10)7-17-28-14-8-26-13-3-2-11(20(23,24)25)6-12(13)18(14)30(17)15-4-5-31-9-19(15,21)22/h2-3,6,8,15H,4-5,7,9H2,1H3/t15-/m1/s1. The van der Waals surface area contributed by atoms with Crippen molar-refractivity contribution >= 4 is 21.9 Å². The molecule has 1 saturated heterocycles. The SMILES string of the molecule is Cc1nc(Cc2nc3cnc4ccc(C(F)(F)F)cc4c3n2[C@@H]2CCOCC2(F)F)no1. The van der Waals surface area contributed by atoms with Crippen molar-refractivity contribution in [2.75, 3.05) is 13.2 Å². The van der Waals surface area contributed by atoms with E-state index >= 15 is 0 Å². The maximum absolute atomic E-state index is 14.9. The average Bonchev–Trinajstić information content (AvgIpc) is 3.30. The van der Waals surface area contributed by atoms with Gasteiger partial charge in [0.1, 0.15) is 24.0 Å². The van der Waals surface area contributed by atoms with E-state index in [1.807, 2.05) is 0 Å². The fourth-order valence-corrected chi connectivity index (χ4v) is 4.04. The number of aryl methyl sites for hydroxylation is 1. The van der Waals surface area contributed by atoms with Crippen LogP contribution in [0.2, 0.25) is 0 Å². The second-order valence-corrected chi connectivity index (χ2v) is 7.64. The van der Waals surface area contributed by atoms with E-state index in [-0.39, 0.29) is 53.0 Å². The van der Waals surface area contributed by atoms with Crippen LogP contribution in [0.5, 0.6) is 0 Å². The number of benzene rings is 1. The highest BCUT2D eigenvalue weighted by Gasteiger charge is 2.45. The molecule has 12 heteroatoms. The van der Waals surface area contributed by atoms with Gasteiger partial charge in [-0.2, -0.15) is 18.2 Å². The lowest BCUT2D eigenvalue weighted by Crippen LogP contribution is -2.41. The highest BCUT2D eigenvalue weighted by atomic mass is 19.4. The molecule has 4 aromatic rings. The Bertz CT molecular complexity index is 1310. The minimum Gasteiger partial charge on any atom is -0.375 e. The van der Waals surface area contributed by atoms with Crippen molar-refractivity contribution in [3.8, 4) is 0 Å². The normalized spacial score (nSPS) is 19.1. The zero-order valence-corrected chi connectivity index (χ0v) is 16.7. The number of aromatic nitrogens is 5. The zero-order chi connectivity index (χ0) is 22.7. The van der Waals surface area contributed by atoms with E-state index in [1.165, 1.54) is 16.8 Å². The molecule has 1 fully saturated rings. The molecule has 0 unspecified atom stereocenters. The van der Waals surface area contributed by atoms with Crippen molar-refractivity contribution in [3.63, 3.8) is 0 Å². The average molecular weight is 453 g/mol. The number of fused-ring (bicyclic) bond motifs is 3. The summed E-state index contributed by atoms with van der Waals surface area (Å²) in [5.41, 5.74) is -0.303.